The molecule has 4 nitrogen and oxygen atoms in total. The molecule has 146 valence electrons. The van der Waals surface area contributed by atoms with Gasteiger partial charge in [0.05, 0.1) is 24.2 Å². The first-order chi connectivity index (χ1) is 13.1. The molecule has 0 bridgehead atoms. The third-order valence-electron chi connectivity index (χ3n) is 6.70. The molecule has 1 unspecified atom stereocenters. The second-order valence-corrected chi connectivity index (χ2v) is 8.17. The lowest BCUT2D eigenvalue weighted by atomic mass is 9.85. The lowest BCUT2D eigenvalue weighted by molar-refractivity contribution is -0.149. The number of aryl methyl sites for hydroxylation is 1. The Morgan fingerprint density at radius 1 is 1.26 bits per heavy atom. The van der Waals surface area contributed by atoms with Gasteiger partial charge >= 0.3 is 5.97 Å². The number of carbonyl (C=O) groups is 1. The Labute approximate surface area is 161 Å². The highest BCUT2D eigenvalue weighted by atomic mass is 16.5. The van der Waals surface area contributed by atoms with E-state index >= 15 is 0 Å². The van der Waals surface area contributed by atoms with Crippen LogP contribution < -0.4 is 0 Å². The standard InChI is InChI=1S/C23H31NO3/c1-3-16-9-8-12-18-19-13-14-27-23(4-2,15-20(25)26)22(19)24(21(16)18)17-10-6-5-7-11-17/h8-9,12,17H,3-7,10-11,13-15H2,1-2H3,(H,25,26). The van der Waals surface area contributed by atoms with Crippen molar-refractivity contribution in [1.82, 2.24) is 4.57 Å². The Hall–Kier alpha value is -1.81. The quantitative estimate of drug-likeness (QED) is 0.772. The molecule has 1 aliphatic heterocycles. The molecular weight excluding hydrogens is 338 g/mol. The maximum atomic E-state index is 11.8. The number of ether oxygens (including phenoxy) is 1. The Bertz CT molecular complexity index is 847. The summed E-state index contributed by atoms with van der Waals surface area (Å²) < 4.78 is 8.82. The number of hydrogen-bond acceptors (Lipinski definition) is 2. The van der Waals surface area contributed by atoms with Crippen LogP contribution in [0.1, 0.15) is 81.7 Å². The Morgan fingerprint density at radius 3 is 2.70 bits per heavy atom. The number of nitrogens with zero attached hydrogens (tertiary/aromatic N) is 1. The first-order valence-electron chi connectivity index (χ1n) is 10.6. The maximum absolute atomic E-state index is 11.8. The molecule has 1 N–H and O–H groups in total. The van der Waals surface area contributed by atoms with Crippen LogP contribution in [0.3, 0.4) is 0 Å². The summed E-state index contributed by atoms with van der Waals surface area (Å²) in [5.74, 6) is -0.777. The van der Waals surface area contributed by atoms with Crippen molar-refractivity contribution in [2.45, 2.75) is 83.3 Å². The topological polar surface area (TPSA) is 51.5 Å². The molecule has 4 rings (SSSR count). The normalized spacial score (nSPS) is 23.5. The molecule has 2 heterocycles. The molecule has 0 spiro atoms. The number of rotatable bonds is 5. The second-order valence-electron chi connectivity index (χ2n) is 8.17. The van der Waals surface area contributed by atoms with Crippen LogP contribution in [0.2, 0.25) is 0 Å². The fraction of sp³-hybridized carbons (Fsp3) is 0.609. The number of carboxylic acid groups (broad SMARTS) is 1. The number of fused-ring (bicyclic) bond motifs is 3. The van der Waals surface area contributed by atoms with E-state index in [0.29, 0.717) is 19.1 Å². The summed E-state index contributed by atoms with van der Waals surface area (Å²) in [5.41, 5.74) is 4.50. The van der Waals surface area contributed by atoms with E-state index in [-0.39, 0.29) is 6.42 Å². The summed E-state index contributed by atoms with van der Waals surface area (Å²) in [6, 6.07) is 7.09. The van der Waals surface area contributed by atoms with Crippen molar-refractivity contribution in [3.63, 3.8) is 0 Å². The molecule has 1 aromatic heterocycles. The second kappa shape index (κ2) is 7.31. The van der Waals surface area contributed by atoms with E-state index in [0.717, 1.165) is 12.8 Å². The molecule has 0 saturated heterocycles. The van der Waals surface area contributed by atoms with Gasteiger partial charge in [-0.05, 0) is 43.2 Å². The van der Waals surface area contributed by atoms with Gasteiger partial charge in [0.15, 0.2) is 0 Å². The number of para-hydroxylation sites is 1. The predicted octanol–water partition coefficient (Wildman–Crippen LogP) is 5.36. The van der Waals surface area contributed by atoms with Crippen molar-refractivity contribution < 1.29 is 14.6 Å². The van der Waals surface area contributed by atoms with E-state index in [4.69, 9.17) is 4.74 Å². The van der Waals surface area contributed by atoms with Gasteiger partial charge in [-0.3, -0.25) is 4.79 Å². The summed E-state index contributed by atoms with van der Waals surface area (Å²) >= 11 is 0. The number of aromatic nitrogens is 1. The molecule has 2 aromatic rings. The molecule has 1 saturated carbocycles. The summed E-state index contributed by atoms with van der Waals surface area (Å²) in [6.45, 7) is 4.89. The molecule has 1 aliphatic carbocycles. The molecule has 1 atom stereocenters. The molecule has 1 fully saturated rings. The van der Waals surface area contributed by atoms with Crippen LogP contribution in [0.5, 0.6) is 0 Å². The highest BCUT2D eigenvalue weighted by Crippen LogP contribution is 2.47. The Morgan fingerprint density at radius 2 is 2.04 bits per heavy atom. The minimum atomic E-state index is -0.777. The summed E-state index contributed by atoms with van der Waals surface area (Å²) in [4.78, 5) is 11.8. The summed E-state index contributed by atoms with van der Waals surface area (Å²) in [5, 5.41) is 11.0. The first-order valence-corrected chi connectivity index (χ1v) is 10.6. The average molecular weight is 370 g/mol. The minimum absolute atomic E-state index is 0.0427. The van der Waals surface area contributed by atoms with E-state index in [1.807, 2.05) is 0 Å². The highest BCUT2D eigenvalue weighted by Gasteiger charge is 2.44. The molecule has 1 aromatic carbocycles. The predicted molar refractivity (Wildman–Crippen MR) is 107 cm³/mol. The molecule has 0 radical (unpaired) electrons. The lowest BCUT2D eigenvalue weighted by Crippen LogP contribution is -2.39. The van der Waals surface area contributed by atoms with E-state index < -0.39 is 11.6 Å². The third-order valence-corrected chi connectivity index (χ3v) is 6.70. The van der Waals surface area contributed by atoms with Crippen LogP contribution in [0.4, 0.5) is 0 Å². The van der Waals surface area contributed by atoms with Crippen LogP contribution in [0, 0.1) is 0 Å². The van der Waals surface area contributed by atoms with Gasteiger partial charge < -0.3 is 14.4 Å². The van der Waals surface area contributed by atoms with Gasteiger partial charge in [-0.15, -0.1) is 0 Å². The third kappa shape index (κ3) is 2.98. The van der Waals surface area contributed by atoms with Gasteiger partial charge in [0, 0.05) is 11.4 Å². The Kier molecular flexibility index (Phi) is 5.02. The van der Waals surface area contributed by atoms with Gasteiger partial charge in [-0.25, -0.2) is 0 Å². The van der Waals surface area contributed by atoms with Crippen LogP contribution in [-0.4, -0.2) is 22.2 Å². The zero-order valence-corrected chi connectivity index (χ0v) is 16.6. The van der Waals surface area contributed by atoms with Crippen LogP contribution >= 0.6 is 0 Å². The lowest BCUT2D eigenvalue weighted by Gasteiger charge is -2.39. The summed E-state index contributed by atoms with van der Waals surface area (Å²) in [7, 11) is 0. The zero-order chi connectivity index (χ0) is 19.0. The van der Waals surface area contributed by atoms with Crippen molar-refractivity contribution >= 4 is 16.9 Å². The monoisotopic (exact) mass is 369 g/mol. The van der Waals surface area contributed by atoms with Crippen molar-refractivity contribution in [1.29, 1.82) is 0 Å². The molecule has 27 heavy (non-hydrogen) atoms. The zero-order valence-electron chi connectivity index (χ0n) is 16.6. The minimum Gasteiger partial charge on any atom is -0.481 e. The van der Waals surface area contributed by atoms with Gasteiger partial charge in [0.1, 0.15) is 5.60 Å². The summed E-state index contributed by atoms with van der Waals surface area (Å²) in [6.07, 6.45) is 8.79. The average Bonchev–Trinajstić information content (AvgIpc) is 3.04. The van der Waals surface area contributed by atoms with E-state index in [1.165, 1.54) is 59.8 Å². The highest BCUT2D eigenvalue weighted by molar-refractivity contribution is 5.89. The fourth-order valence-electron chi connectivity index (χ4n) is 5.43. The van der Waals surface area contributed by atoms with Crippen LogP contribution in [-0.2, 0) is 28.0 Å². The van der Waals surface area contributed by atoms with Crippen LogP contribution in [0.15, 0.2) is 18.2 Å². The molecular formula is C23H31NO3. The maximum Gasteiger partial charge on any atom is 0.306 e. The fourth-order valence-corrected chi connectivity index (χ4v) is 5.43. The number of hydrogen-bond donors (Lipinski definition) is 1. The SMILES string of the molecule is CCc1cccc2c3c(n(C4CCCCC4)c12)C(CC)(CC(=O)O)OCC3. The smallest absolute Gasteiger partial charge is 0.306 e. The van der Waals surface area contributed by atoms with Crippen molar-refractivity contribution in [2.24, 2.45) is 0 Å². The molecule has 0 amide bonds. The van der Waals surface area contributed by atoms with Crippen LogP contribution in [0.25, 0.3) is 10.9 Å². The van der Waals surface area contributed by atoms with E-state index in [1.54, 1.807) is 0 Å². The van der Waals surface area contributed by atoms with Crippen molar-refractivity contribution in [3.8, 4) is 0 Å². The number of benzene rings is 1. The van der Waals surface area contributed by atoms with Gasteiger partial charge in [0.2, 0.25) is 0 Å². The molecule has 2 aliphatic rings. The van der Waals surface area contributed by atoms with E-state index in [2.05, 4.69) is 36.6 Å². The van der Waals surface area contributed by atoms with Gasteiger partial charge in [0.25, 0.3) is 0 Å². The first kappa shape index (κ1) is 18.5. The van der Waals surface area contributed by atoms with Crippen molar-refractivity contribution in [2.75, 3.05) is 6.61 Å². The molecule has 4 heteroatoms. The number of carboxylic acids is 1. The Balaban J connectivity index is 2.04. The largest absolute Gasteiger partial charge is 0.481 e. The van der Waals surface area contributed by atoms with Crippen molar-refractivity contribution in [3.05, 3.63) is 35.0 Å². The van der Waals surface area contributed by atoms with E-state index in [9.17, 15) is 9.90 Å². The van der Waals surface area contributed by atoms with Gasteiger partial charge in [-0.2, -0.15) is 0 Å². The van der Waals surface area contributed by atoms with Gasteiger partial charge in [-0.1, -0.05) is 51.3 Å². The number of aliphatic carboxylic acids is 1.